The predicted octanol–water partition coefficient (Wildman–Crippen LogP) is 5.87. The van der Waals surface area contributed by atoms with Crippen molar-refractivity contribution in [2.45, 2.75) is 13.1 Å². The van der Waals surface area contributed by atoms with Crippen LogP contribution < -0.4 is 5.32 Å². The van der Waals surface area contributed by atoms with Crippen molar-refractivity contribution in [1.29, 1.82) is 0 Å². The van der Waals surface area contributed by atoms with E-state index in [1.165, 1.54) is 43.4 Å². The van der Waals surface area contributed by atoms with Gasteiger partial charge >= 0.3 is 0 Å². The summed E-state index contributed by atoms with van der Waals surface area (Å²) in [6, 6.07) is 30.7. The van der Waals surface area contributed by atoms with Crippen molar-refractivity contribution >= 4 is 32.3 Å². The van der Waals surface area contributed by atoms with E-state index in [0.29, 0.717) is 0 Å². The van der Waals surface area contributed by atoms with E-state index >= 15 is 0 Å². The predicted molar refractivity (Wildman–Crippen MR) is 107 cm³/mol. The number of hydrogen-bond donors (Lipinski definition) is 1. The van der Waals surface area contributed by atoms with Gasteiger partial charge in [0.15, 0.2) is 0 Å². The van der Waals surface area contributed by atoms with Crippen LogP contribution in [0.3, 0.4) is 0 Å². The maximum Gasteiger partial charge on any atom is 0.0214 e. The van der Waals surface area contributed by atoms with Crippen LogP contribution in [-0.2, 0) is 13.1 Å². The van der Waals surface area contributed by atoms with Crippen LogP contribution in [0.1, 0.15) is 11.1 Å². The van der Waals surface area contributed by atoms with E-state index in [0.717, 1.165) is 13.1 Å². The molecule has 0 heterocycles. The van der Waals surface area contributed by atoms with E-state index in [2.05, 4.69) is 90.2 Å². The third-order valence-corrected chi connectivity index (χ3v) is 5.11. The highest BCUT2D eigenvalue weighted by molar-refractivity contribution is 6.23. The Morgan fingerprint density at radius 3 is 2.00 bits per heavy atom. The van der Waals surface area contributed by atoms with Crippen molar-refractivity contribution in [3.05, 3.63) is 96.1 Å². The molecule has 5 aromatic rings. The first-order valence-electron chi connectivity index (χ1n) is 8.80. The van der Waals surface area contributed by atoms with Crippen molar-refractivity contribution in [2.24, 2.45) is 0 Å². The number of rotatable bonds is 4. The second-order valence-electron chi connectivity index (χ2n) is 6.67. The Kier molecular flexibility index (Phi) is 3.39. The quantitative estimate of drug-likeness (QED) is 0.408. The minimum atomic E-state index is 0.878. The maximum absolute atomic E-state index is 3.59. The molecular formula is C24H19N. The molecule has 5 rings (SSSR count). The van der Waals surface area contributed by atoms with Gasteiger partial charge in [0.05, 0.1) is 0 Å². The summed E-state index contributed by atoms with van der Waals surface area (Å²) in [6.07, 6.45) is 0. The molecule has 0 aliphatic carbocycles. The third kappa shape index (κ3) is 2.45. The maximum atomic E-state index is 3.59. The van der Waals surface area contributed by atoms with Crippen molar-refractivity contribution in [1.82, 2.24) is 5.32 Å². The molecule has 0 unspecified atom stereocenters. The molecule has 0 atom stereocenters. The Balaban J connectivity index is 1.57. The summed E-state index contributed by atoms with van der Waals surface area (Å²) >= 11 is 0. The van der Waals surface area contributed by atoms with E-state index < -0.39 is 0 Å². The zero-order valence-corrected chi connectivity index (χ0v) is 14.0. The Hall–Kier alpha value is -2.90. The lowest BCUT2D eigenvalue weighted by Crippen LogP contribution is -2.12. The first-order chi connectivity index (χ1) is 12.4. The van der Waals surface area contributed by atoms with Crippen LogP contribution in [0.2, 0.25) is 0 Å². The highest BCUT2D eigenvalue weighted by Gasteiger charge is 2.10. The van der Waals surface area contributed by atoms with Crippen molar-refractivity contribution < 1.29 is 0 Å². The first-order valence-corrected chi connectivity index (χ1v) is 8.80. The smallest absolute Gasteiger partial charge is 0.0214 e. The third-order valence-electron chi connectivity index (χ3n) is 5.11. The molecular weight excluding hydrogens is 302 g/mol. The Bertz CT molecular complexity index is 1140. The molecule has 1 N–H and O–H groups in total. The van der Waals surface area contributed by atoms with Crippen LogP contribution in [-0.4, -0.2) is 0 Å². The second-order valence-corrected chi connectivity index (χ2v) is 6.67. The van der Waals surface area contributed by atoms with Crippen molar-refractivity contribution in [3.8, 4) is 0 Å². The summed E-state index contributed by atoms with van der Waals surface area (Å²) in [6.45, 7) is 1.77. The van der Waals surface area contributed by atoms with Crippen LogP contribution in [0.25, 0.3) is 32.3 Å². The zero-order chi connectivity index (χ0) is 16.6. The lowest BCUT2D eigenvalue weighted by molar-refractivity contribution is 0.697. The summed E-state index contributed by atoms with van der Waals surface area (Å²) < 4.78 is 0. The molecule has 120 valence electrons. The van der Waals surface area contributed by atoms with Gasteiger partial charge in [-0.3, -0.25) is 0 Å². The second kappa shape index (κ2) is 5.87. The number of benzene rings is 5. The van der Waals surface area contributed by atoms with E-state index in [9.17, 15) is 0 Å². The number of hydrogen-bond acceptors (Lipinski definition) is 1. The zero-order valence-electron chi connectivity index (χ0n) is 14.0. The van der Waals surface area contributed by atoms with Gasteiger partial charge in [0.2, 0.25) is 0 Å². The summed E-state index contributed by atoms with van der Waals surface area (Å²) in [5.41, 5.74) is 2.68. The SMILES string of the molecule is c1ccc(CNCc2ccc3ccc4cccc5ccc2c3c45)cc1. The van der Waals surface area contributed by atoms with Gasteiger partial charge in [-0.25, -0.2) is 0 Å². The standard InChI is InChI=1S/C24H19N/c1-2-5-17(6-3-1)15-25-16-21-12-11-20-10-9-18-7-4-8-19-13-14-22(21)24(20)23(18)19/h1-14,25H,15-16H2. The summed E-state index contributed by atoms with van der Waals surface area (Å²) in [5.74, 6) is 0. The van der Waals surface area contributed by atoms with Gasteiger partial charge in [0, 0.05) is 13.1 Å². The summed E-state index contributed by atoms with van der Waals surface area (Å²) in [7, 11) is 0. The van der Waals surface area contributed by atoms with Gasteiger partial charge in [-0.1, -0.05) is 84.9 Å². The highest BCUT2D eigenvalue weighted by atomic mass is 14.8. The van der Waals surface area contributed by atoms with E-state index in [4.69, 9.17) is 0 Å². The topological polar surface area (TPSA) is 12.0 Å². The van der Waals surface area contributed by atoms with Gasteiger partial charge in [-0.05, 0) is 43.4 Å². The van der Waals surface area contributed by atoms with Gasteiger partial charge in [0.1, 0.15) is 0 Å². The highest BCUT2D eigenvalue weighted by Crippen LogP contribution is 2.35. The fourth-order valence-electron chi connectivity index (χ4n) is 3.89. The van der Waals surface area contributed by atoms with Crippen LogP contribution in [0.4, 0.5) is 0 Å². The molecule has 0 aromatic heterocycles. The fourth-order valence-corrected chi connectivity index (χ4v) is 3.89. The van der Waals surface area contributed by atoms with Gasteiger partial charge in [-0.2, -0.15) is 0 Å². The molecule has 0 amide bonds. The molecule has 0 radical (unpaired) electrons. The number of nitrogens with one attached hydrogen (secondary N) is 1. The van der Waals surface area contributed by atoms with E-state index in [1.54, 1.807) is 0 Å². The molecule has 0 aliphatic rings. The van der Waals surface area contributed by atoms with Crippen LogP contribution >= 0.6 is 0 Å². The largest absolute Gasteiger partial charge is 0.309 e. The van der Waals surface area contributed by atoms with Crippen LogP contribution in [0.15, 0.2) is 84.9 Å². The molecule has 0 aliphatic heterocycles. The molecule has 0 fully saturated rings. The minimum Gasteiger partial charge on any atom is -0.309 e. The lowest BCUT2D eigenvalue weighted by atomic mass is 9.92. The molecule has 25 heavy (non-hydrogen) atoms. The Morgan fingerprint density at radius 1 is 0.520 bits per heavy atom. The Morgan fingerprint density at radius 2 is 1.20 bits per heavy atom. The Labute approximate surface area is 147 Å². The summed E-state index contributed by atoms with van der Waals surface area (Å²) in [4.78, 5) is 0. The molecule has 1 nitrogen and oxygen atoms in total. The molecule has 5 aromatic carbocycles. The monoisotopic (exact) mass is 321 g/mol. The van der Waals surface area contributed by atoms with E-state index in [-0.39, 0.29) is 0 Å². The van der Waals surface area contributed by atoms with Gasteiger partial charge in [0.25, 0.3) is 0 Å². The normalized spacial score (nSPS) is 11.7. The average molecular weight is 321 g/mol. The van der Waals surface area contributed by atoms with Crippen LogP contribution in [0, 0.1) is 0 Å². The average Bonchev–Trinajstić information content (AvgIpc) is 2.68. The molecule has 0 saturated carbocycles. The van der Waals surface area contributed by atoms with Gasteiger partial charge in [-0.15, -0.1) is 0 Å². The fraction of sp³-hybridized carbons (Fsp3) is 0.0833. The first kappa shape index (κ1) is 14.4. The molecule has 0 saturated heterocycles. The van der Waals surface area contributed by atoms with Crippen LogP contribution in [0.5, 0.6) is 0 Å². The minimum absolute atomic E-state index is 0.878. The molecule has 0 bridgehead atoms. The van der Waals surface area contributed by atoms with Gasteiger partial charge < -0.3 is 5.32 Å². The molecule has 0 spiro atoms. The van der Waals surface area contributed by atoms with Crippen molar-refractivity contribution in [3.63, 3.8) is 0 Å². The van der Waals surface area contributed by atoms with E-state index in [1.807, 2.05) is 0 Å². The van der Waals surface area contributed by atoms with Crippen molar-refractivity contribution in [2.75, 3.05) is 0 Å². The summed E-state index contributed by atoms with van der Waals surface area (Å²) in [5, 5.41) is 11.7. The molecule has 1 heteroatoms. The lowest BCUT2D eigenvalue weighted by Gasteiger charge is -2.14.